The monoisotopic (exact) mass is 390 g/mol. The van der Waals surface area contributed by atoms with E-state index in [1.165, 1.54) is 44.1 Å². The molecular formula is C27H31FO. The number of hydrogen-bond acceptors (Lipinski definition) is 1. The van der Waals surface area contributed by atoms with Gasteiger partial charge in [-0.25, -0.2) is 4.39 Å². The molecule has 2 aliphatic carbocycles. The van der Waals surface area contributed by atoms with Gasteiger partial charge in [0.25, 0.3) is 0 Å². The molecule has 0 aromatic heterocycles. The van der Waals surface area contributed by atoms with Gasteiger partial charge < -0.3 is 4.74 Å². The van der Waals surface area contributed by atoms with Crippen LogP contribution >= 0.6 is 0 Å². The highest BCUT2D eigenvalue weighted by molar-refractivity contribution is 5.64. The van der Waals surface area contributed by atoms with Crippen LogP contribution in [0.5, 0.6) is 5.75 Å². The predicted molar refractivity (Wildman–Crippen MR) is 119 cm³/mol. The van der Waals surface area contributed by atoms with Crippen LogP contribution in [0.1, 0.15) is 50.0 Å². The van der Waals surface area contributed by atoms with Crippen molar-refractivity contribution in [3.05, 3.63) is 79.2 Å². The largest absolute Gasteiger partial charge is 0.486 e. The van der Waals surface area contributed by atoms with E-state index in [1.807, 2.05) is 6.07 Å². The van der Waals surface area contributed by atoms with Crippen LogP contribution in [-0.4, -0.2) is 6.61 Å². The van der Waals surface area contributed by atoms with Gasteiger partial charge in [-0.05, 0) is 91.0 Å². The fraction of sp³-hybridized carbons (Fsp3) is 0.407. The first-order valence-electron chi connectivity index (χ1n) is 10.9. The number of allylic oxidation sites excluding steroid dienone is 1. The van der Waals surface area contributed by atoms with Crippen molar-refractivity contribution >= 4 is 0 Å². The number of fused-ring (bicyclic) bond motifs is 1. The Hall–Kier alpha value is -2.35. The van der Waals surface area contributed by atoms with E-state index >= 15 is 0 Å². The third kappa shape index (κ3) is 4.47. The van der Waals surface area contributed by atoms with Gasteiger partial charge in [-0.2, -0.15) is 0 Å². The van der Waals surface area contributed by atoms with Crippen molar-refractivity contribution in [3.8, 4) is 16.9 Å². The van der Waals surface area contributed by atoms with Crippen molar-refractivity contribution in [1.29, 1.82) is 0 Å². The van der Waals surface area contributed by atoms with Gasteiger partial charge in [-0.15, -0.1) is 6.58 Å². The van der Waals surface area contributed by atoms with Gasteiger partial charge in [0.05, 0.1) is 0 Å². The Morgan fingerprint density at radius 2 is 1.62 bits per heavy atom. The molecular weight excluding hydrogens is 359 g/mol. The molecule has 2 aliphatic rings. The number of hydrogen-bond donors (Lipinski definition) is 0. The van der Waals surface area contributed by atoms with Crippen LogP contribution in [0.4, 0.5) is 4.39 Å². The first-order chi connectivity index (χ1) is 14.2. The molecule has 0 heterocycles. The quantitative estimate of drug-likeness (QED) is 0.463. The lowest BCUT2D eigenvalue weighted by molar-refractivity contribution is 0.133. The molecule has 29 heavy (non-hydrogen) atoms. The van der Waals surface area contributed by atoms with Crippen LogP contribution in [0.3, 0.4) is 0 Å². The Balaban J connectivity index is 1.43. The van der Waals surface area contributed by atoms with Gasteiger partial charge in [0, 0.05) is 0 Å². The number of halogens is 1. The summed E-state index contributed by atoms with van der Waals surface area (Å²) in [5.41, 5.74) is 3.36. The normalized spacial score (nSPS) is 26.4. The van der Waals surface area contributed by atoms with Crippen molar-refractivity contribution < 1.29 is 9.13 Å². The van der Waals surface area contributed by atoms with E-state index in [0.29, 0.717) is 12.5 Å². The molecule has 0 spiro atoms. The van der Waals surface area contributed by atoms with E-state index in [4.69, 9.17) is 4.74 Å². The lowest BCUT2D eigenvalue weighted by Crippen LogP contribution is -2.29. The molecule has 2 saturated carbocycles. The predicted octanol–water partition coefficient (Wildman–Crippen LogP) is 7.54. The molecule has 0 N–H and O–H groups in total. The third-order valence-electron chi connectivity index (χ3n) is 6.99. The maximum Gasteiger partial charge on any atom is 0.165 e. The molecule has 0 aliphatic heterocycles. The smallest absolute Gasteiger partial charge is 0.165 e. The van der Waals surface area contributed by atoms with Gasteiger partial charge in [-0.3, -0.25) is 0 Å². The van der Waals surface area contributed by atoms with E-state index in [9.17, 15) is 4.39 Å². The molecule has 2 heteroatoms. The molecule has 152 valence electrons. The Morgan fingerprint density at radius 3 is 2.34 bits per heavy atom. The average molecular weight is 391 g/mol. The van der Waals surface area contributed by atoms with Gasteiger partial charge in [0.2, 0.25) is 0 Å². The number of benzene rings is 2. The molecule has 0 bridgehead atoms. The first-order valence-corrected chi connectivity index (χ1v) is 10.9. The minimum atomic E-state index is -0.332. The maximum absolute atomic E-state index is 14.3. The minimum Gasteiger partial charge on any atom is -0.486 e. The van der Waals surface area contributed by atoms with Gasteiger partial charge in [0.15, 0.2) is 11.6 Å². The van der Waals surface area contributed by atoms with Crippen molar-refractivity contribution in [1.82, 2.24) is 0 Å². The summed E-state index contributed by atoms with van der Waals surface area (Å²) in [5.74, 6) is 3.11. The minimum absolute atomic E-state index is 0.271. The lowest BCUT2D eigenvalue weighted by Gasteiger charge is -2.41. The maximum atomic E-state index is 14.3. The highest BCUT2D eigenvalue weighted by Gasteiger charge is 2.35. The summed E-state index contributed by atoms with van der Waals surface area (Å²) in [6.07, 6.45) is 11.7. The lowest BCUT2D eigenvalue weighted by atomic mass is 9.64. The standard InChI is InChI=1S/C27H31FO/c1-3-15-29-27-14-13-25(18-26(27)28)21-9-7-20(8-10-21)23-12-11-22-16-19(4-2)5-6-24(22)17-23/h3-4,7-10,13-14,18-19,22-24H,1-2,5-6,11-12,15-17H2. The van der Waals surface area contributed by atoms with E-state index in [2.05, 4.69) is 43.5 Å². The molecule has 1 nitrogen and oxygen atoms in total. The van der Waals surface area contributed by atoms with Crippen LogP contribution in [0.15, 0.2) is 67.8 Å². The molecule has 0 amide bonds. The van der Waals surface area contributed by atoms with Crippen LogP contribution in [0, 0.1) is 23.6 Å². The zero-order chi connectivity index (χ0) is 20.2. The van der Waals surface area contributed by atoms with E-state index in [-0.39, 0.29) is 11.6 Å². The third-order valence-corrected chi connectivity index (χ3v) is 6.99. The van der Waals surface area contributed by atoms with Gasteiger partial charge in [0.1, 0.15) is 6.61 Å². The SMILES string of the molecule is C=CCOc1ccc(-c2ccc(C3CCC4CC(C=C)CCC4C3)cc2)cc1F. The Kier molecular flexibility index (Phi) is 6.18. The van der Waals surface area contributed by atoms with E-state index in [0.717, 1.165) is 28.9 Å². The van der Waals surface area contributed by atoms with Crippen LogP contribution in [0.25, 0.3) is 11.1 Å². The second kappa shape index (κ2) is 8.98. The zero-order valence-corrected chi connectivity index (χ0v) is 17.2. The number of ether oxygens (including phenoxy) is 1. The van der Waals surface area contributed by atoms with Crippen molar-refractivity contribution in [2.45, 2.75) is 44.4 Å². The van der Waals surface area contributed by atoms with E-state index in [1.54, 1.807) is 18.2 Å². The van der Waals surface area contributed by atoms with Gasteiger partial charge >= 0.3 is 0 Å². The molecule has 2 fully saturated rings. The highest BCUT2D eigenvalue weighted by Crippen LogP contribution is 2.47. The Bertz CT molecular complexity index is 853. The van der Waals surface area contributed by atoms with Crippen molar-refractivity contribution in [3.63, 3.8) is 0 Å². The molecule has 4 rings (SSSR count). The Labute approximate surface area is 174 Å². The fourth-order valence-electron chi connectivity index (χ4n) is 5.34. The molecule has 0 radical (unpaired) electrons. The summed E-state index contributed by atoms with van der Waals surface area (Å²) >= 11 is 0. The molecule has 0 saturated heterocycles. The summed E-state index contributed by atoms with van der Waals surface area (Å²) in [6, 6.07) is 13.9. The van der Waals surface area contributed by atoms with Crippen LogP contribution in [-0.2, 0) is 0 Å². The summed E-state index contributed by atoms with van der Waals surface area (Å²) in [5, 5.41) is 0. The fourth-order valence-corrected chi connectivity index (χ4v) is 5.34. The van der Waals surface area contributed by atoms with Crippen LogP contribution < -0.4 is 4.74 Å². The second-order valence-electron chi connectivity index (χ2n) is 8.71. The van der Waals surface area contributed by atoms with Crippen molar-refractivity contribution in [2.24, 2.45) is 17.8 Å². The van der Waals surface area contributed by atoms with Crippen LogP contribution in [0.2, 0.25) is 0 Å². The highest BCUT2D eigenvalue weighted by atomic mass is 19.1. The topological polar surface area (TPSA) is 9.23 Å². The zero-order valence-electron chi connectivity index (χ0n) is 17.2. The van der Waals surface area contributed by atoms with Crippen molar-refractivity contribution in [2.75, 3.05) is 6.61 Å². The molecule has 4 unspecified atom stereocenters. The summed E-state index contributed by atoms with van der Waals surface area (Å²) < 4.78 is 19.6. The Morgan fingerprint density at radius 1 is 0.897 bits per heavy atom. The summed E-state index contributed by atoms with van der Waals surface area (Å²) in [6.45, 7) is 7.91. The van der Waals surface area contributed by atoms with E-state index < -0.39 is 0 Å². The average Bonchev–Trinajstić information content (AvgIpc) is 2.77. The summed E-state index contributed by atoms with van der Waals surface area (Å²) in [4.78, 5) is 0. The van der Waals surface area contributed by atoms with Gasteiger partial charge in [-0.1, -0.05) is 49.1 Å². The first kappa shape index (κ1) is 19.9. The summed E-state index contributed by atoms with van der Waals surface area (Å²) in [7, 11) is 0. The number of rotatable bonds is 6. The second-order valence-corrected chi connectivity index (χ2v) is 8.71. The molecule has 4 atom stereocenters. The molecule has 2 aromatic carbocycles. The molecule has 2 aromatic rings.